The molecule has 0 saturated carbocycles. The van der Waals surface area contributed by atoms with Crippen molar-refractivity contribution in [2.75, 3.05) is 0 Å². The molecule has 23 heavy (non-hydrogen) atoms. The average molecular weight is 302 g/mol. The van der Waals surface area contributed by atoms with Crippen LogP contribution in [0.4, 0.5) is 0 Å². The van der Waals surface area contributed by atoms with Crippen molar-refractivity contribution in [3.8, 4) is 17.4 Å². The molecule has 0 amide bonds. The molecule has 1 aromatic heterocycles. The van der Waals surface area contributed by atoms with Gasteiger partial charge in [0.05, 0.1) is 11.6 Å². The predicted octanol–water partition coefficient (Wildman–Crippen LogP) is 4.37. The molecule has 112 valence electrons. The highest BCUT2D eigenvalue weighted by atomic mass is 16.6. The predicted molar refractivity (Wildman–Crippen MR) is 87.7 cm³/mol. The number of hydrogen-bond donors (Lipinski definition) is 0. The van der Waals surface area contributed by atoms with Crippen LogP contribution in [0, 0.1) is 11.3 Å². The molecule has 4 nitrogen and oxygen atoms in total. The number of nitrogens with zero attached hydrogens (tertiary/aromatic N) is 2. The van der Waals surface area contributed by atoms with Gasteiger partial charge >= 0.3 is 0 Å². The molecule has 0 aliphatic heterocycles. The fourth-order valence-corrected chi connectivity index (χ4v) is 2.13. The molecule has 4 heteroatoms. The number of furan rings is 1. The van der Waals surface area contributed by atoms with Crippen molar-refractivity contribution in [3.63, 3.8) is 0 Å². The normalized spacial score (nSPS) is 10.6. The number of hydrogen-bond acceptors (Lipinski definition) is 4. The molecule has 1 heterocycles. The highest BCUT2D eigenvalue weighted by molar-refractivity contribution is 5.76. The van der Waals surface area contributed by atoms with Crippen molar-refractivity contribution < 1.29 is 9.25 Å². The molecule has 0 saturated heterocycles. The van der Waals surface area contributed by atoms with E-state index in [2.05, 4.69) is 11.2 Å². The Morgan fingerprint density at radius 2 is 1.78 bits per heavy atom. The molecule has 0 atom stereocenters. The second-order valence-electron chi connectivity index (χ2n) is 4.84. The molecule has 2 aromatic carbocycles. The summed E-state index contributed by atoms with van der Waals surface area (Å²) in [5.41, 5.74) is 2.40. The summed E-state index contributed by atoms with van der Waals surface area (Å²) >= 11 is 0. The van der Waals surface area contributed by atoms with E-state index >= 15 is 0 Å². The first-order valence-electron chi connectivity index (χ1n) is 7.15. The third kappa shape index (κ3) is 3.66. The number of nitriles is 1. The van der Waals surface area contributed by atoms with Gasteiger partial charge in [0.1, 0.15) is 24.3 Å². The van der Waals surface area contributed by atoms with Gasteiger partial charge in [-0.15, -0.1) is 0 Å². The van der Waals surface area contributed by atoms with E-state index in [1.54, 1.807) is 6.07 Å². The topological polar surface area (TPSA) is 58.5 Å². The van der Waals surface area contributed by atoms with Crippen LogP contribution in [0.5, 0.6) is 0 Å². The zero-order chi connectivity index (χ0) is 15.9. The van der Waals surface area contributed by atoms with Crippen molar-refractivity contribution in [2.45, 2.75) is 6.61 Å². The maximum atomic E-state index is 9.00. The van der Waals surface area contributed by atoms with Gasteiger partial charge in [0, 0.05) is 11.1 Å². The first-order chi connectivity index (χ1) is 11.4. The fourth-order valence-electron chi connectivity index (χ4n) is 2.13. The third-order valence-electron chi connectivity index (χ3n) is 3.30. The monoisotopic (exact) mass is 302 g/mol. The lowest BCUT2D eigenvalue weighted by atomic mass is 10.1. The Morgan fingerprint density at radius 3 is 2.61 bits per heavy atom. The second-order valence-corrected chi connectivity index (χ2v) is 4.84. The van der Waals surface area contributed by atoms with Crippen LogP contribution in [-0.2, 0) is 11.4 Å². The Morgan fingerprint density at radius 1 is 1.00 bits per heavy atom. The summed E-state index contributed by atoms with van der Waals surface area (Å²) in [6.45, 7) is 0.243. The Kier molecular flexibility index (Phi) is 4.51. The van der Waals surface area contributed by atoms with Crippen LogP contribution in [0.2, 0.25) is 0 Å². The minimum Gasteiger partial charge on any atom is -0.455 e. The van der Waals surface area contributed by atoms with Gasteiger partial charge in [-0.1, -0.05) is 53.7 Å². The Balaban J connectivity index is 1.61. The van der Waals surface area contributed by atoms with Gasteiger partial charge < -0.3 is 9.25 Å². The summed E-state index contributed by atoms with van der Waals surface area (Å²) in [6.07, 6.45) is 1.52. The van der Waals surface area contributed by atoms with Gasteiger partial charge in [-0.25, -0.2) is 0 Å². The minimum atomic E-state index is 0.243. The maximum absolute atomic E-state index is 9.00. The van der Waals surface area contributed by atoms with Crippen LogP contribution < -0.4 is 0 Å². The van der Waals surface area contributed by atoms with E-state index in [0.717, 1.165) is 16.9 Å². The summed E-state index contributed by atoms with van der Waals surface area (Å²) in [4.78, 5) is 5.24. The summed E-state index contributed by atoms with van der Waals surface area (Å²) in [5.74, 6) is 1.39. The zero-order valence-corrected chi connectivity index (χ0v) is 12.3. The Labute approximate surface area is 134 Å². The molecule has 0 N–H and O–H groups in total. The summed E-state index contributed by atoms with van der Waals surface area (Å²) in [7, 11) is 0. The summed E-state index contributed by atoms with van der Waals surface area (Å²) < 4.78 is 5.69. The quantitative estimate of drug-likeness (QED) is 0.519. The van der Waals surface area contributed by atoms with Crippen molar-refractivity contribution in [1.29, 1.82) is 5.26 Å². The zero-order valence-electron chi connectivity index (χ0n) is 12.3. The van der Waals surface area contributed by atoms with Crippen LogP contribution in [0.15, 0.2) is 76.3 Å². The molecular weight excluding hydrogens is 288 g/mol. The van der Waals surface area contributed by atoms with Crippen molar-refractivity contribution in [2.24, 2.45) is 5.16 Å². The molecule has 3 rings (SSSR count). The molecule has 0 unspecified atom stereocenters. The number of oxime groups is 1. The second kappa shape index (κ2) is 7.10. The van der Waals surface area contributed by atoms with Crippen LogP contribution in [-0.4, -0.2) is 6.21 Å². The van der Waals surface area contributed by atoms with E-state index in [0.29, 0.717) is 11.3 Å². The molecule has 0 radical (unpaired) electrons. The lowest BCUT2D eigenvalue weighted by molar-refractivity contribution is 0.131. The summed E-state index contributed by atoms with van der Waals surface area (Å²) in [6, 6.07) is 23.0. The first kappa shape index (κ1) is 14.6. The molecule has 0 bridgehead atoms. The smallest absolute Gasteiger partial charge is 0.149 e. The number of benzene rings is 2. The van der Waals surface area contributed by atoms with Crippen LogP contribution in [0.3, 0.4) is 0 Å². The highest BCUT2D eigenvalue weighted by Crippen LogP contribution is 2.20. The van der Waals surface area contributed by atoms with Gasteiger partial charge in [-0.2, -0.15) is 5.26 Å². The van der Waals surface area contributed by atoms with Crippen LogP contribution in [0.1, 0.15) is 16.9 Å². The van der Waals surface area contributed by atoms with Crippen molar-refractivity contribution >= 4 is 6.21 Å². The standard InChI is InChI=1S/C19H14N2O2/c20-12-16-8-4-5-9-17(16)14-22-21-13-18-10-11-19(23-18)15-6-2-1-3-7-15/h1-11,13H,14H2/b21-13-. The molecule has 3 aromatic rings. The van der Waals surface area contributed by atoms with Gasteiger partial charge in [-0.05, 0) is 18.2 Å². The summed E-state index contributed by atoms with van der Waals surface area (Å²) in [5, 5.41) is 12.9. The largest absolute Gasteiger partial charge is 0.455 e. The third-order valence-corrected chi connectivity index (χ3v) is 3.30. The SMILES string of the molecule is N#Cc1ccccc1CO/N=C\c1ccc(-c2ccccc2)o1. The molecular formula is C19H14N2O2. The average Bonchev–Trinajstić information content (AvgIpc) is 3.09. The van der Waals surface area contributed by atoms with E-state index < -0.39 is 0 Å². The minimum absolute atomic E-state index is 0.243. The molecule has 0 fully saturated rings. The Bertz CT molecular complexity index is 845. The van der Waals surface area contributed by atoms with Crippen LogP contribution in [0.25, 0.3) is 11.3 Å². The lowest BCUT2D eigenvalue weighted by Gasteiger charge is -2.01. The van der Waals surface area contributed by atoms with E-state index in [4.69, 9.17) is 14.5 Å². The van der Waals surface area contributed by atoms with E-state index in [9.17, 15) is 0 Å². The van der Waals surface area contributed by atoms with Gasteiger partial charge in [0.25, 0.3) is 0 Å². The highest BCUT2D eigenvalue weighted by Gasteiger charge is 2.03. The van der Waals surface area contributed by atoms with Gasteiger partial charge in [0.2, 0.25) is 0 Å². The first-order valence-corrected chi connectivity index (χ1v) is 7.15. The maximum Gasteiger partial charge on any atom is 0.149 e. The fraction of sp³-hybridized carbons (Fsp3) is 0.0526. The van der Waals surface area contributed by atoms with Gasteiger partial charge in [-0.3, -0.25) is 0 Å². The van der Waals surface area contributed by atoms with Crippen LogP contribution >= 0.6 is 0 Å². The molecule has 0 aliphatic rings. The van der Waals surface area contributed by atoms with E-state index in [1.165, 1.54) is 6.21 Å². The molecule has 0 spiro atoms. The van der Waals surface area contributed by atoms with E-state index in [-0.39, 0.29) is 6.61 Å². The number of rotatable bonds is 5. The lowest BCUT2D eigenvalue weighted by Crippen LogP contribution is -1.91. The van der Waals surface area contributed by atoms with Crippen molar-refractivity contribution in [3.05, 3.63) is 83.6 Å². The molecule has 0 aliphatic carbocycles. The van der Waals surface area contributed by atoms with E-state index in [1.807, 2.05) is 60.7 Å². The Hall–Kier alpha value is -3.32. The van der Waals surface area contributed by atoms with Crippen molar-refractivity contribution in [1.82, 2.24) is 0 Å². The van der Waals surface area contributed by atoms with Gasteiger partial charge in [0.15, 0.2) is 0 Å².